The molecule has 0 unspecified atom stereocenters. The number of nitrogens with zero attached hydrogens (tertiary/aromatic N) is 4. The minimum absolute atomic E-state index is 0.0609. The van der Waals surface area contributed by atoms with Gasteiger partial charge in [0, 0.05) is 58.2 Å². The third-order valence-corrected chi connectivity index (χ3v) is 4.30. The molecule has 1 aliphatic heterocycles. The number of benzene rings is 1. The first kappa shape index (κ1) is 17.0. The summed E-state index contributed by atoms with van der Waals surface area (Å²) in [6.45, 7) is 1.85. The van der Waals surface area contributed by atoms with Crippen molar-refractivity contribution in [3.63, 3.8) is 0 Å². The Labute approximate surface area is 146 Å². The topological polar surface area (TPSA) is 48.8 Å². The van der Waals surface area contributed by atoms with Gasteiger partial charge in [0.05, 0.1) is 5.69 Å². The van der Waals surface area contributed by atoms with Crippen LogP contribution >= 0.6 is 0 Å². The van der Waals surface area contributed by atoms with Crippen LogP contribution in [-0.4, -0.2) is 71.5 Å². The normalized spacial score (nSPS) is 14.5. The van der Waals surface area contributed by atoms with E-state index in [0.29, 0.717) is 37.4 Å². The van der Waals surface area contributed by atoms with E-state index in [-0.39, 0.29) is 11.9 Å². The van der Waals surface area contributed by atoms with Gasteiger partial charge in [-0.05, 0) is 30.3 Å². The molecule has 1 aromatic heterocycles. The quantitative estimate of drug-likeness (QED) is 0.837. The number of hydrogen-bond acceptors (Lipinski definition) is 2. The van der Waals surface area contributed by atoms with Gasteiger partial charge in [-0.2, -0.15) is 0 Å². The van der Waals surface area contributed by atoms with Gasteiger partial charge in [0.15, 0.2) is 0 Å². The highest BCUT2D eigenvalue weighted by Crippen LogP contribution is 2.17. The van der Waals surface area contributed by atoms with Crippen LogP contribution < -0.4 is 0 Å². The van der Waals surface area contributed by atoms with Crippen molar-refractivity contribution in [2.75, 3.05) is 40.3 Å². The van der Waals surface area contributed by atoms with E-state index in [2.05, 4.69) is 0 Å². The second kappa shape index (κ2) is 6.96. The van der Waals surface area contributed by atoms with E-state index >= 15 is 0 Å². The number of hydrogen-bond donors (Lipinski definition) is 0. The third kappa shape index (κ3) is 3.50. The fourth-order valence-corrected chi connectivity index (χ4v) is 2.91. The van der Waals surface area contributed by atoms with Crippen molar-refractivity contribution < 1.29 is 14.0 Å². The zero-order valence-corrected chi connectivity index (χ0v) is 14.4. The fourth-order valence-electron chi connectivity index (χ4n) is 2.91. The molecule has 0 spiro atoms. The summed E-state index contributed by atoms with van der Waals surface area (Å²) in [5.41, 5.74) is 0.726. The first-order valence-corrected chi connectivity index (χ1v) is 8.16. The Balaban J connectivity index is 1.68. The average molecular weight is 344 g/mol. The molecule has 6 nitrogen and oxygen atoms in total. The lowest BCUT2D eigenvalue weighted by Gasteiger charge is -2.36. The molecule has 2 heterocycles. The van der Waals surface area contributed by atoms with Gasteiger partial charge < -0.3 is 19.3 Å². The first-order chi connectivity index (χ1) is 12.0. The van der Waals surface area contributed by atoms with E-state index in [1.165, 1.54) is 11.0 Å². The molecular formula is C18H21FN4O2. The molecule has 1 saturated heterocycles. The van der Waals surface area contributed by atoms with Crippen molar-refractivity contribution in [3.05, 3.63) is 54.1 Å². The van der Waals surface area contributed by atoms with Gasteiger partial charge in [-0.3, -0.25) is 4.79 Å². The molecule has 1 fully saturated rings. The summed E-state index contributed by atoms with van der Waals surface area (Å²) >= 11 is 0. The van der Waals surface area contributed by atoms with Crippen LogP contribution in [0.2, 0.25) is 0 Å². The first-order valence-electron chi connectivity index (χ1n) is 8.16. The lowest BCUT2D eigenvalue weighted by Crippen LogP contribution is -2.52. The van der Waals surface area contributed by atoms with Crippen molar-refractivity contribution in [2.45, 2.75) is 0 Å². The second-order valence-electron chi connectivity index (χ2n) is 6.21. The Kier molecular flexibility index (Phi) is 4.74. The van der Waals surface area contributed by atoms with Gasteiger partial charge >= 0.3 is 6.03 Å². The predicted octanol–water partition coefficient (Wildman–Crippen LogP) is 2.06. The van der Waals surface area contributed by atoms with E-state index in [4.69, 9.17) is 0 Å². The maximum absolute atomic E-state index is 14.3. The number of carbonyl (C=O) groups excluding carboxylic acids is 2. The second-order valence-corrected chi connectivity index (χ2v) is 6.21. The van der Waals surface area contributed by atoms with Crippen LogP contribution in [0.4, 0.5) is 9.18 Å². The van der Waals surface area contributed by atoms with Gasteiger partial charge in [-0.1, -0.05) is 0 Å². The number of amides is 3. The molecule has 0 aliphatic carbocycles. The zero-order chi connectivity index (χ0) is 18.0. The van der Waals surface area contributed by atoms with Gasteiger partial charge in [0.1, 0.15) is 5.82 Å². The summed E-state index contributed by atoms with van der Waals surface area (Å²) in [6.07, 6.45) is 3.50. The number of piperazine rings is 1. The molecule has 0 atom stereocenters. The lowest BCUT2D eigenvalue weighted by atomic mass is 10.1. The fraction of sp³-hybridized carbons (Fsp3) is 0.333. The van der Waals surface area contributed by atoms with E-state index in [1.54, 1.807) is 53.0 Å². The molecule has 3 amide bonds. The molecular weight excluding hydrogens is 323 g/mol. The number of carbonyl (C=O) groups is 2. The highest BCUT2D eigenvalue weighted by molar-refractivity contribution is 5.94. The minimum Gasteiger partial charge on any atom is -0.335 e. The van der Waals surface area contributed by atoms with Crippen molar-refractivity contribution in [1.29, 1.82) is 0 Å². The van der Waals surface area contributed by atoms with E-state index < -0.39 is 5.82 Å². The smallest absolute Gasteiger partial charge is 0.319 e. The molecule has 132 valence electrons. The van der Waals surface area contributed by atoms with Crippen LogP contribution in [0.25, 0.3) is 5.69 Å². The Morgan fingerprint density at radius 1 is 1.00 bits per heavy atom. The monoisotopic (exact) mass is 344 g/mol. The summed E-state index contributed by atoms with van der Waals surface area (Å²) < 4.78 is 16.0. The standard InChI is InChI=1S/C18H21FN4O2/c1-20(2)18(25)23-11-9-22(10-12-23)17(24)14-5-6-16(15(19)13-14)21-7-3-4-8-21/h3-8,13H,9-12H2,1-2H3. The van der Waals surface area contributed by atoms with Gasteiger partial charge in [0.25, 0.3) is 5.91 Å². The summed E-state index contributed by atoms with van der Waals surface area (Å²) in [7, 11) is 3.41. The van der Waals surface area contributed by atoms with Crippen LogP contribution in [0, 0.1) is 5.82 Å². The van der Waals surface area contributed by atoms with Crippen LogP contribution in [0.15, 0.2) is 42.7 Å². The van der Waals surface area contributed by atoms with Gasteiger partial charge in [-0.15, -0.1) is 0 Å². The van der Waals surface area contributed by atoms with Crippen molar-refractivity contribution in [2.24, 2.45) is 0 Å². The Hall–Kier alpha value is -2.83. The number of halogens is 1. The Morgan fingerprint density at radius 3 is 2.16 bits per heavy atom. The average Bonchev–Trinajstić information content (AvgIpc) is 3.14. The molecule has 3 rings (SSSR count). The number of rotatable bonds is 2. The van der Waals surface area contributed by atoms with Crippen molar-refractivity contribution >= 4 is 11.9 Å². The molecule has 25 heavy (non-hydrogen) atoms. The largest absolute Gasteiger partial charge is 0.335 e. The molecule has 7 heteroatoms. The molecule has 1 aromatic carbocycles. The van der Waals surface area contributed by atoms with Crippen molar-refractivity contribution in [1.82, 2.24) is 19.3 Å². The van der Waals surface area contributed by atoms with E-state index in [9.17, 15) is 14.0 Å². The highest BCUT2D eigenvalue weighted by Gasteiger charge is 2.26. The molecule has 0 saturated carbocycles. The third-order valence-electron chi connectivity index (χ3n) is 4.30. The van der Waals surface area contributed by atoms with Crippen LogP contribution in [0.3, 0.4) is 0 Å². The molecule has 1 aliphatic rings. The van der Waals surface area contributed by atoms with Gasteiger partial charge in [0.2, 0.25) is 0 Å². The zero-order valence-electron chi connectivity index (χ0n) is 14.4. The van der Waals surface area contributed by atoms with E-state index in [0.717, 1.165) is 0 Å². The minimum atomic E-state index is -0.441. The van der Waals surface area contributed by atoms with E-state index in [1.807, 2.05) is 12.1 Å². The number of urea groups is 1. The highest BCUT2D eigenvalue weighted by atomic mass is 19.1. The predicted molar refractivity (Wildman–Crippen MR) is 92.3 cm³/mol. The molecule has 0 radical (unpaired) electrons. The molecule has 0 N–H and O–H groups in total. The number of aromatic nitrogens is 1. The van der Waals surface area contributed by atoms with Crippen LogP contribution in [0.1, 0.15) is 10.4 Å². The summed E-state index contributed by atoms with van der Waals surface area (Å²) in [5.74, 6) is -0.654. The summed E-state index contributed by atoms with van der Waals surface area (Å²) in [6, 6.07) is 8.08. The van der Waals surface area contributed by atoms with Crippen LogP contribution in [0.5, 0.6) is 0 Å². The summed E-state index contributed by atoms with van der Waals surface area (Å²) in [4.78, 5) is 29.4. The Morgan fingerprint density at radius 2 is 1.60 bits per heavy atom. The maximum Gasteiger partial charge on any atom is 0.319 e. The molecule has 2 aromatic rings. The molecule has 0 bridgehead atoms. The lowest BCUT2D eigenvalue weighted by molar-refractivity contribution is 0.0650. The van der Waals surface area contributed by atoms with Crippen molar-refractivity contribution in [3.8, 4) is 5.69 Å². The Bertz CT molecular complexity index is 765. The van der Waals surface area contributed by atoms with Gasteiger partial charge in [-0.25, -0.2) is 9.18 Å². The summed E-state index contributed by atoms with van der Waals surface area (Å²) in [5, 5.41) is 0. The van der Waals surface area contributed by atoms with Crippen LogP contribution in [-0.2, 0) is 0 Å². The SMILES string of the molecule is CN(C)C(=O)N1CCN(C(=O)c2ccc(-n3cccc3)c(F)c2)CC1. The maximum atomic E-state index is 14.3.